The lowest BCUT2D eigenvalue weighted by molar-refractivity contribution is -0.143. The Bertz CT molecular complexity index is 819. The van der Waals surface area contributed by atoms with Crippen molar-refractivity contribution in [2.75, 3.05) is 20.2 Å². The Balaban J connectivity index is 3.09. The van der Waals surface area contributed by atoms with Gasteiger partial charge >= 0.3 is 5.97 Å². The molecule has 0 unspecified atom stereocenters. The van der Waals surface area contributed by atoms with E-state index in [-0.39, 0.29) is 35.1 Å². The zero-order valence-corrected chi connectivity index (χ0v) is 19.2. The quantitative estimate of drug-likeness (QED) is 0.253. The smallest absolute Gasteiger partial charge is 0.326 e. The van der Waals surface area contributed by atoms with Crippen molar-refractivity contribution in [2.24, 2.45) is 11.7 Å². The first-order valence-electron chi connectivity index (χ1n) is 10.3. The van der Waals surface area contributed by atoms with Gasteiger partial charge in [-0.05, 0) is 37.6 Å². The molecule has 10 nitrogen and oxygen atoms in total. The first kappa shape index (κ1) is 27.2. The van der Waals surface area contributed by atoms with Crippen molar-refractivity contribution in [3.8, 4) is 5.75 Å². The number of nitrogens with two attached hydrogens (primary N) is 1. The van der Waals surface area contributed by atoms with Crippen molar-refractivity contribution in [3.63, 3.8) is 0 Å². The van der Waals surface area contributed by atoms with Crippen LogP contribution in [0.3, 0.4) is 0 Å². The Hall–Kier alpha value is -2.85. The molecule has 0 aliphatic carbocycles. The number of nitrogens with one attached hydrogen (secondary N) is 3. The van der Waals surface area contributed by atoms with Gasteiger partial charge in [0.15, 0.2) is 0 Å². The van der Waals surface area contributed by atoms with Gasteiger partial charge in [0.25, 0.3) is 5.91 Å². The molecule has 3 amide bonds. The summed E-state index contributed by atoms with van der Waals surface area (Å²) in [4.78, 5) is 48.6. The largest absolute Gasteiger partial charge is 0.491 e. The van der Waals surface area contributed by atoms with E-state index in [1.54, 1.807) is 27.0 Å². The van der Waals surface area contributed by atoms with Crippen molar-refractivity contribution in [1.82, 2.24) is 16.0 Å². The molecule has 0 aliphatic heterocycles. The number of ether oxygens (including phenoxy) is 1. The number of primary amides is 1. The summed E-state index contributed by atoms with van der Waals surface area (Å²) in [5, 5.41) is 17.6. The number of hydrogen-bond acceptors (Lipinski definition) is 6. The number of amides is 3. The lowest BCUT2D eigenvalue weighted by Gasteiger charge is -2.24. The summed E-state index contributed by atoms with van der Waals surface area (Å²) in [6.07, 6.45) is 0.238. The van der Waals surface area contributed by atoms with E-state index < -0.39 is 35.8 Å². The van der Waals surface area contributed by atoms with Gasteiger partial charge in [-0.15, -0.1) is 0 Å². The van der Waals surface area contributed by atoms with Crippen LogP contribution in [0.5, 0.6) is 5.75 Å². The van der Waals surface area contributed by atoms with Gasteiger partial charge in [-0.1, -0.05) is 31.9 Å². The number of likely N-dealkylation sites (N-methyl/N-ethyl adjacent to an activating group) is 1. The first-order chi connectivity index (χ1) is 15.1. The average Bonchev–Trinajstić information content (AvgIpc) is 2.74. The molecule has 0 saturated heterocycles. The Labute approximate surface area is 192 Å². The summed E-state index contributed by atoms with van der Waals surface area (Å²) in [7, 11) is 1.75. The van der Waals surface area contributed by atoms with Crippen LogP contribution < -0.4 is 26.4 Å². The number of hydrogen-bond donors (Lipinski definition) is 5. The third-order valence-electron chi connectivity index (χ3n) is 4.87. The van der Waals surface area contributed by atoms with Gasteiger partial charge < -0.3 is 31.5 Å². The van der Waals surface area contributed by atoms with Crippen LogP contribution in [0.15, 0.2) is 18.2 Å². The van der Waals surface area contributed by atoms with Crippen LogP contribution in [0.1, 0.15) is 43.5 Å². The molecule has 0 heterocycles. The van der Waals surface area contributed by atoms with Crippen LogP contribution in [-0.2, 0) is 14.4 Å². The minimum absolute atomic E-state index is 0.0992. The molecule has 1 rings (SSSR count). The summed E-state index contributed by atoms with van der Waals surface area (Å²) in [5.74, 6) is -3.32. The van der Waals surface area contributed by atoms with E-state index in [0.717, 1.165) is 0 Å². The normalized spacial score (nSPS) is 13.5. The number of aliphatic carboxylic acids is 1. The van der Waals surface area contributed by atoms with E-state index >= 15 is 0 Å². The molecule has 0 saturated carbocycles. The number of carbonyl (C=O) groups is 4. The number of carboxylic acids is 1. The number of halogens is 1. The molecule has 0 spiro atoms. The zero-order valence-electron chi connectivity index (χ0n) is 18.4. The summed E-state index contributed by atoms with van der Waals surface area (Å²) in [5.41, 5.74) is 5.29. The molecule has 6 N–H and O–H groups in total. The lowest BCUT2D eigenvalue weighted by atomic mass is 9.98. The van der Waals surface area contributed by atoms with Gasteiger partial charge in [0.2, 0.25) is 11.8 Å². The molecule has 32 heavy (non-hydrogen) atoms. The van der Waals surface area contributed by atoms with E-state index in [2.05, 4.69) is 16.0 Å². The molecular formula is C21H31ClN4O6. The average molecular weight is 471 g/mol. The summed E-state index contributed by atoms with van der Waals surface area (Å²) >= 11 is 6.02. The minimum atomic E-state index is -1.19. The van der Waals surface area contributed by atoms with Gasteiger partial charge in [0.1, 0.15) is 24.4 Å². The van der Waals surface area contributed by atoms with E-state index in [1.807, 2.05) is 0 Å². The third kappa shape index (κ3) is 8.72. The van der Waals surface area contributed by atoms with Gasteiger partial charge in [0.05, 0.1) is 5.56 Å². The fraction of sp³-hybridized carbons (Fsp3) is 0.524. The van der Waals surface area contributed by atoms with Crippen molar-refractivity contribution < 1.29 is 29.0 Å². The Kier molecular flexibility index (Phi) is 11.5. The molecule has 178 valence electrons. The van der Waals surface area contributed by atoms with Crippen molar-refractivity contribution in [2.45, 2.75) is 45.2 Å². The molecule has 0 fully saturated rings. The van der Waals surface area contributed by atoms with E-state index in [0.29, 0.717) is 19.6 Å². The molecule has 1 aromatic carbocycles. The highest BCUT2D eigenvalue weighted by atomic mass is 35.5. The highest BCUT2D eigenvalue weighted by Gasteiger charge is 2.30. The predicted molar refractivity (Wildman–Crippen MR) is 120 cm³/mol. The molecular weight excluding hydrogens is 440 g/mol. The van der Waals surface area contributed by atoms with Crippen LogP contribution >= 0.6 is 11.6 Å². The maximum Gasteiger partial charge on any atom is 0.326 e. The maximum absolute atomic E-state index is 12.9. The van der Waals surface area contributed by atoms with Gasteiger partial charge in [0, 0.05) is 18.0 Å². The molecule has 0 bridgehead atoms. The lowest BCUT2D eigenvalue weighted by Crippen LogP contribution is -2.53. The van der Waals surface area contributed by atoms with Crippen LogP contribution in [-0.4, -0.2) is 61.1 Å². The number of carbonyl (C=O) groups excluding carboxylic acids is 3. The fourth-order valence-corrected chi connectivity index (χ4v) is 2.97. The van der Waals surface area contributed by atoms with E-state index in [9.17, 15) is 24.3 Å². The maximum atomic E-state index is 12.9. The number of rotatable bonds is 14. The second-order valence-electron chi connectivity index (χ2n) is 7.33. The van der Waals surface area contributed by atoms with Crippen molar-refractivity contribution in [1.29, 1.82) is 0 Å². The number of benzene rings is 1. The highest BCUT2D eigenvalue weighted by Crippen LogP contribution is 2.23. The summed E-state index contributed by atoms with van der Waals surface area (Å²) in [6.45, 7) is 4.32. The van der Waals surface area contributed by atoms with E-state index in [1.165, 1.54) is 12.1 Å². The van der Waals surface area contributed by atoms with E-state index in [4.69, 9.17) is 22.1 Å². The van der Waals surface area contributed by atoms with Gasteiger partial charge in [-0.3, -0.25) is 14.4 Å². The Morgan fingerprint density at radius 1 is 1.22 bits per heavy atom. The summed E-state index contributed by atoms with van der Waals surface area (Å²) in [6, 6.07) is 2.16. The van der Waals surface area contributed by atoms with Crippen LogP contribution in [0.2, 0.25) is 5.02 Å². The monoisotopic (exact) mass is 470 g/mol. The molecule has 0 aromatic heterocycles. The third-order valence-corrected chi connectivity index (χ3v) is 5.11. The molecule has 1 aromatic rings. The van der Waals surface area contributed by atoms with Gasteiger partial charge in [-0.2, -0.15) is 0 Å². The zero-order chi connectivity index (χ0) is 24.3. The summed E-state index contributed by atoms with van der Waals surface area (Å²) < 4.78 is 5.60. The fourth-order valence-electron chi connectivity index (χ4n) is 2.80. The number of carboxylic acid groups (broad SMARTS) is 1. The Morgan fingerprint density at radius 3 is 2.47 bits per heavy atom. The molecule has 0 radical (unpaired) electrons. The molecule has 11 heteroatoms. The highest BCUT2D eigenvalue weighted by molar-refractivity contribution is 6.31. The van der Waals surface area contributed by atoms with Crippen LogP contribution in [0, 0.1) is 5.92 Å². The second kappa shape index (κ2) is 13.5. The topological polar surface area (TPSA) is 160 Å². The van der Waals surface area contributed by atoms with Gasteiger partial charge in [-0.25, -0.2) is 4.79 Å². The SMILES string of the molecule is CC[C@H](C)[C@H](NC(=O)[C@H](CCC(N)=O)NC(=O)c1cc(Cl)ccc1OCCNC)C(=O)O. The standard InChI is InChI=1S/C21H31ClN4O6/c1-4-12(2)18(21(30)31)26-20(29)15(6-8-17(23)27)25-19(28)14-11-13(22)5-7-16(14)32-10-9-24-3/h5,7,11-12,15,18,24H,4,6,8-10H2,1-3H3,(H2,23,27)(H,25,28)(H,26,29)(H,30,31)/t12-,15-,18-/m0/s1. The van der Waals surface area contributed by atoms with Crippen molar-refractivity contribution in [3.05, 3.63) is 28.8 Å². The van der Waals surface area contributed by atoms with Crippen molar-refractivity contribution >= 4 is 35.3 Å². The van der Waals surface area contributed by atoms with Crippen LogP contribution in [0.4, 0.5) is 0 Å². The first-order valence-corrected chi connectivity index (χ1v) is 10.7. The molecule has 3 atom stereocenters. The minimum Gasteiger partial charge on any atom is -0.491 e. The molecule has 0 aliphatic rings. The predicted octanol–water partition coefficient (Wildman–Crippen LogP) is 0.918. The Morgan fingerprint density at radius 2 is 1.91 bits per heavy atom. The second-order valence-corrected chi connectivity index (χ2v) is 7.77. The van der Waals surface area contributed by atoms with Crippen LogP contribution in [0.25, 0.3) is 0 Å².